The summed E-state index contributed by atoms with van der Waals surface area (Å²) in [4.78, 5) is 34.1. The van der Waals surface area contributed by atoms with Gasteiger partial charge in [0.2, 0.25) is 0 Å². The average Bonchev–Trinajstić information content (AvgIpc) is 3.44. The number of carbonyl (C=O) groups excluding carboxylic acids is 2. The summed E-state index contributed by atoms with van der Waals surface area (Å²) in [5.74, 6) is 0.509. The van der Waals surface area contributed by atoms with Crippen molar-refractivity contribution in [3.8, 4) is 5.82 Å². The SMILES string of the molecule is CCc1cnn(-c2ccc3c(n2)C(=O)N([C@@H]2C[C@@H](COC)N(C(=O)OC(C)(C)C)C2)C3)c1. The lowest BCUT2D eigenvalue weighted by Crippen LogP contribution is -2.43. The Morgan fingerprint density at radius 3 is 2.72 bits per heavy atom. The summed E-state index contributed by atoms with van der Waals surface area (Å²) in [5, 5.41) is 4.35. The van der Waals surface area contributed by atoms with Crippen molar-refractivity contribution in [3.63, 3.8) is 0 Å². The maximum atomic E-state index is 13.3. The molecule has 1 fully saturated rings. The van der Waals surface area contributed by atoms with Gasteiger partial charge in [0, 0.05) is 32.0 Å². The van der Waals surface area contributed by atoms with Crippen LogP contribution in [0.2, 0.25) is 0 Å². The van der Waals surface area contributed by atoms with Gasteiger partial charge in [0.25, 0.3) is 5.91 Å². The molecule has 2 aromatic rings. The van der Waals surface area contributed by atoms with E-state index in [0.29, 0.717) is 37.6 Å². The number of amides is 2. The summed E-state index contributed by atoms with van der Waals surface area (Å²) in [7, 11) is 1.61. The van der Waals surface area contributed by atoms with E-state index in [9.17, 15) is 9.59 Å². The topological polar surface area (TPSA) is 89.8 Å². The number of methoxy groups -OCH3 is 1. The van der Waals surface area contributed by atoms with E-state index in [1.807, 2.05) is 50.2 Å². The zero-order chi connectivity index (χ0) is 23.0. The Hall–Kier alpha value is -2.94. The second-order valence-corrected chi connectivity index (χ2v) is 9.39. The van der Waals surface area contributed by atoms with Gasteiger partial charge in [-0.25, -0.2) is 14.5 Å². The number of aromatic nitrogens is 3. The number of hydrogen-bond acceptors (Lipinski definition) is 6. The lowest BCUT2D eigenvalue weighted by molar-refractivity contribution is 0.0140. The zero-order valence-corrected chi connectivity index (χ0v) is 19.4. The standard InChI is InChI=1S/C23H31N5O4/c1-6-15-10-24-28(11-15)19-8-7-16-12-26(21(29)20(16)25-19)17-9-18(14-31-5)27(13-17)22(30)32-23(2,3)4/h7-8,10-11,17-18H,6,9,12-14H2,1-5H3/t17-,18+/m1/s1. The van der Waals surface area contributed by atoms with E-state index in [0.717, 1.165) is 17.5 Å². The molecule has 2 aromatic heterocycles. The maximum absolute atomic E-state index is 13.3. The van der Waals surface area contributed by atoms with Crippen LogP contribution in [-0.2, 0) is 22.4 Å². The lowest BCUT2D eigenvalue weighted by atomic mass is 10.1. The van der Waals surface area contributed by atoms with Crippen LogP contribution < -0.4 is 0 Å². The zero-order valence-electron chi connectivity index (χ0n) is 19.4. The van der Waals surface area contributed by atoms with Gasteiger partial charge >= 0.3 is 6.09 Å². The van der Waals surface area contributed by atoms with Gasteiger partial charge in [-0.05, 0) is 45.2 Å². The number of ether oxygens (including phenoxy) is 2. The quantitative estimate of drug-likeness (QED) is 0.709. The Labute approximate surface area is 188 Å². The highest BCUT2D eigenvalue weighted by molar-refractivity contribution is 5.97. The van der Waals surface area contributed by atoms with Gasteiger partial charge in [0.15, 0.2) is 5.82 Å². The first-order valence-electron chi connectivity index (χ1n) is 11.0. The van der Waals surface area contributed by atoms with E-state index in [4.69, 9.17) is 9.47 Å². The van der Waals surface area contributed by atoms with Crippen LogP contribution in [0.4, 0.5) is 4.79 Å². The number of hydrogen-bond donors (Lipinski definition) is 0. The number of nitrogens with zero attached hydrogens (tertiary/aromatic N) is 5. The van der Waals surface area contributed by atoms with Gasteiger partial charge in [-0.3, -0.25) is 4.79 Å². The highest BCUT2D eigenvalue weighted by atomic mass is 16.6. The molecule has 0 saturated carbocycles. The van der Waals surface area contributed by atoms with Crippen molar-refractivity contribution in [1.82, 2.24) is 24.6 Å². The first-order valence-corrected chi connectivity index (χ1v) is 11.0. The summed E-state index contributed by atoms with van der Waals surface area (Å²) < 4.78 is 12.6. The molecule has 4 heterocycles. The molecule has 4 rings (SSSR count). The Morgan fingerprint density at radius 2 is 2.06 bits per heavy atom. The minimum atomic E-state index is -0.586. The molecule has 2 aliphatic heterocycles. The van der Waals surface area contributed by atoms with Gasteiger partial charge < -0.3 is 19.3 Å². The van der Waals surface area contributed by atoms with E-state index in [2.05, 4.69) is 17.0 Å². The Morgan fingerprint density at radius 1 is 1.28 bits per heavy atom. The highest BCUT2D eigenvalue weighted by Gasteiger charge is 2.44. The van der Waals surface area contributed by atoms with Crippen molar-refractivity contribution in [2.24, 2.45) is 0 Å². The van der Waals surface area contributed by atoms with Crippen molar-refractivity contribution in [3.05, 3.63) is 41.3 Å². The van der Waals surface area contributed by atoms with Crippen molar-refractivity contribution in [2.45, 2.75) is 64.8 Å². The van der Waals surface area contributed by atoms with E-state index < -0.39 is 5.60 Å². The second-order valence-electron chi connectivity index (χ2n) is 9.39. The molecule has 0 unspecified atom stereocenters. The minimum Gasteiger partial charge on any atom is -0.444 e. The number of rotatable bonds is 5. The van der Waals surface area contributed by atoms with Gasteiger partial charge in [-0.1, -0.05) is 13.0 Å². The van der Waals surface area contributed by atoms with E-state index in [1.165, 1.54) is 0 Å². The van der Waals surface area contributed by atoms with Crippen LogP contribution in [0, 0.1) is 0 Å². The second kappa shape index (κ2) is 8.54. The third-order valence-electron chi connectivity index (χ3n) is 5.87. The normalized spacial score (nSPS) is 20.7. The van der Waals surface area contributed by atoms with Crippen molar-refractivity contribution in [2.75, 3.05) is 20.3 Å². The van der Waals surface area contributed by atoms with Crippen LogP contribution in [0.1, 0.15) is 55.7 Å². The average molecular weight is 442 g/mol. The molecule has 0 aliphatic carbocycles. The first kappa shape index (κ1) is 22.3. The molecular weight excluding hydrogens is 410 g/mol. The number of pyridine rings is 1. The van der Waals surface area contributed by atoms with Crippen LogP contribution in [-0.4, -0.2) is 74.5 Å². The van der Waals surface area contributed by atoms with Crippen molar-refractivity contribution >= 4 is 12.0 Å². The highest BCUT2D eigenvalue weighted by Crippen LogP contribution is 2.31. The molecule has 0 aromatic carbocycles. The van der Waals surface area contributed by atoms with Crippen molar-refractivity contribution < 1.29 is 19.1 Å². The molecule has 172 valence electrons. The number of carbonyl (C=O) groups is 2. The Kier molecular flexibility index (Phi) is 5.94. The van der Waals surface area contributed by atoms with Gasteiger partial charge in [-0.15, -0.1) is 0 Å². The summed E-state index contributed by atoms with van der Waals surface area (Å²) >= 11 is 0. The molecule has 2 amide bonds. The molecule has 9 heteroatoms. The summed E-state index contributed by atoms with van der Waals surface area (Å²) in [5.41, 5.74) is 1.87. The molecule has 0 radical (unpaired) electrons. The third-order valence-corrected chi connectivity index (χ3v) is 5.87. The largest absolute Gasteiger partial charge is 0.444 e. The van der Waals surface area contributed by atoms with E-state index in [1.54, 1.807) is 16.7 Å². The van der Waals surface area contributed by atoms with E-state index in [-0.39, 0.29) is 24.1 Å². The van der Waals surface area contributed by atoms with E-state index >= 15 is 0 Å². The molecular formula is C23H31N5O4. The number of likely N-dealkylation sites (tertiary alicyclic amines) is 1. The molecule has 0 N–H and O–H groups in total. The van der Waals surface area contributed by atoms with Gasteiger partial charge in [-0.2, -0.15) is 5.10 Å². The lowest BCUT2D eigenvalue weighted by Gasteiger charge is -2.28. The third kappa shape index (κ3) is 4.34. The summed E-state index contributed by atoms with van der Waals surface area (Å²) in [6, 6.07) is 3.56. The van der Waals surface area contributed by atoms with Crippen LogP contribution in [0.25, 0.3) is 5.82 Å². The fourth-order valence-corrected chi connectivity index (χ4v) is 4.28. The molecule has 0 bridgehead atoms. The molecule has 9 nitrogen and oxygen atoms in total. The van der Waals surface area contributed by atoms with Crippen LogP contribution >= 0.6 is 0 Å². The summed E-state index contributed by atoms with van der Waals surface area (Å²) in [6.45, 7) is 8.89. The van der Waals surface area contributed by atoms with Crippen LogP contribution in [0.5, 0.6) is 0 Å². The number of fused-ring (bicyclic) bond motifs is 1. The smallest absolute Gasteiger partial charge is 0.410 e. The van der Waals surface area contributed by atoms with Crippen LogP contribution in [0.3, 0.4) is 0 Å². The molecule has 0 spiro atoms. The number of aryl methyl sites for hydroxylation is 1. The fourth-order valence-electron chi connectivity index (χ4n) is 4.28. The summed E-state index contributed by atoms with van der Waals surface area (Å²) in [6.07, 6.45) is 4.88. The predicted molar refractivity (Wildman–Crippen MR) is 118 cm³/mol. The maximum Gasteiger partial charge on any atom is 0.410 e. The predicted octanol–water partition coefficient (Wildman–Crippen LogP) is 2.81. The Balaban J connectivity index is 1.52. The molecule has 1 saturated heterocycles. The monoisotopic (exact) mass is 441 g/mol. The Bertz CT molecular complexity index is 1010. The molecule has 2 aliphatic rings. The first-order chi connectivity index (χ1) is 15.2. The van der Waals surface area contributed by atoms with Gasteiger partial charge in [0.1, 0.15) is 11.3 Å². The van der Waals surface area contributed by atoms with Crippen molar-refractivity contribution in [1.29, 1.82) is 0 Å². The minimum absolute atomic E-state index is 0.114. The fraction of sp³-hybridized carbons (Fsp3) is 0.565. The molecule has 2 atom stereocenters. The van der Waals surface area contributed by atoms with Gasteiger partial charge in [0.05, 0.1) is 24.9 Å². The van der Waals surface area contributed by atoms with Crippen LogP contribution in [0.15, 0.2) is 24.5 Å². The molecule has 32 heavy (non-hydrogen) atoms.